The molecule has 0 aromatic rings. The summed E-state index contributed by atoms with van der Waals surface area (Å²) in [6.45, 7) is 0.894. The van der Waals surface area contributed by atoms with E-state index in [9.17, 15) is 13.6 Å². The van der Waals surface area contributed by atoms with Gasteiger partial charge in [0.05, 0.1) is 6.61 Å². The standard InChI is InChI=1S/C9H15F2NO2/c1-14-3-2-12-8(13)4-7-5-9(10,11)6-7/h7H,2-6H2,1H3,(H,12,13). The second-order valence-electron chi connectivity index (χ2n) is 3.68. The maximum atomic E-state index is 12.4. The first-order valence-corrected chi connectivity index (χ1v) is 4.67. The highest BCUT2D eigenvalue weighted by Crippen LogP contribution is 2.43. The van der Waals surface area contributed by atoms with Crippen LogP contribution in [0.4, 0.5) is 8.78 Å². The number of amides is 1. The molecule has 0 saturated heterocycles. The molecular weight excluding hydrogens is 192 g/mol. The van der Waals surface area contributed by atoms with Crippen molar-refractivity contribution in [2.45, 2.75) is 25.2 Å². The van der Waals surface area contributed by atoms with Crippen molar-refractivity contribution in [2.75, 3.05) is 20.3 Å². The van der Waals surface area contributed by atoms with Crippen LogP contribution < -0.4 is 5.32 Å². The van der Waals surface area contributed by atoms with Crippen LogP contribution in [-0.4, -0.2) is 32.1 Å². The third-order valence-corrected chi connectivity index (χ3v) is 2.28. The lowest BCUT2D eigenvalue weighted by molar-refractivity contribution is -0.133. The summed E-state index contributed by atoms with van der Waals surface area (Å²) < 4.78 is 29.5. The van der Waals surface area contributed by atoms with Crippen LogP contribution in [0.25, 0.3) is 0 Å². The predicted octanol–water partition coefficient (Wildman–Crippen LogP) is 1.18. The van der Waals surface area contributed by atoms with Crippen molar-refractivity contribution in [3.05, 3.63) is 0 Å². The van der Waals surface area contributed by atoms with Crippen LogP contribution in [0.5, 0.6) is 0 Å². The molecule has 0 atom stereocenters. The van der Waals surface area contributed by atoms with Gasteiger partial charge in [-0.15, -0.1) is 0 Å². The molecule has 14 heavy (non-hydrogen) atoms. The van der Waals surface area contributed by atoms with E-state index in [2.05, 4.69) is 5.32 Å². The van der Waals surface area contributed by atoms with Gasteiger partial charge in [-0.3, -0.25) is 4.79 Å². The predicted molar refractivity (Wildman–Crippen MR) is 47.2 cm³/mol. The van der Waals surface area contributed by atoms with Gasteiger partial charge in [0.1, 0.15) is 0 Å². The smallest absolute Gasteiger partial charge is 0.248 e. The molecule has 1 fully saturated rings. The molecular formula is C9H15F2NO2. The Kier molecular flexibility index (Phi) is 3.80. The number of rotatable bonds is 5. The van der Waals surface area contributed by atoms with E-state index in [-0.39, 0.29) is 31.1 Å². The Morgan fingerprint density at radius 3 is 2.71 bits per heavy atom. The molecule has 0 aromatic heterocycles. The number of ether oxygens (including phenoxy) is 1. The molecule has 0 aliphatic heterocycles. The Labute approximate surface area is 81.8 Å². The van der Waals surface area contributed by atoms with Gasteiger partial charge in [0, 0.05) is 32.9 Å². The number of alkyl halides is 2. The van der Waals surface area contributed by atoms with Crippen LogP contribution in [0, 0.1) is 5.92 Å². The summed E-state index contributed by atoms with van der Waals surface area (Å²) in [5.74, 6) is -2.84. The molecule has 82 valence electrons. The SMILES string of the molecule is COCCNC(=O)CC1CC(F)(F)C1. The van der Waals surface area contributed by atoms with E-state index in [4.69, 9.17) is 4.74 Å². The molecule has 0 heterocycles. The number of carbonyl (C=O) groups excluding carboxylic acids is 1. The average Bonchev–Trinajstić information content (AvgIpc) is 2.01. The van der Waals surface area contributed by atoms with Crippen molar-refractivity contribution in [3.63, 3.8) is 0 Å². The number of halogens is 2. The van der Waals surface area contributed by atoms with Gasteiger partial charge in [-0.25, -0.2) is 8.78 Å². The summed E-state index contributed by atoms with van der Waals surface area (Å²) >= 11 is 0. The molecule has 0 bridgehead atoms. The second-order valence-corrected chi connectivity index (χ2v) is 3.68. The topological polar surface area (TPSA) is 38.3 Å². The Bertz CT molecular complexity index is 201. The number of carbonyl (C=O) groups is 1. The summed E-state index contributed by atoms with van der Waals surface area (Å²) in [5, 5.41) is 2.60. The van der Waals surface area contributed by atoms with Gasteiger partial charge >= 0.3 is 0 Å². The zero-order valence-electron chi connectivity index (χ0n) is 8.19. The van der Waals surface area contributed by atoms with E-state index in [0.717, 1.165) is 0 Å². The highest BCUT2D eigenvalue weighted by atomic mass is 19.3. The lowest BCUT2D eigenvalue weighted by Crippen LogP contribution is -2.39. The normalized spacial score (nSPS) is 20.2. The fraction of sp³-hybridized carbons (Fsp3) is 0.889. The van der Waals surface area contributed by atoms with Gasteiger partial charge in [0.2, 0.25) is 11.8 Å². The van der Waals surface area contributed by atoms with Crippen LogP contribution in [0.2, 0.25) is 0 Å². The van der Waals surface area contributed by atoms with Gasteiger partial charge in [-0.05, 0) is 5.92 Å². The second kappa shape index (κ2) is 4.68. The maximum absolute atomic E-state index is 12.4. The van der Waals surface area contributed by atoms with E-state index >= 15 is 0 Å². The quantitative estimate of drug-likeness (QED) is 0.687. The van der Waals surface area contributed by atoms with Crippen molar-refractivity contribution in [1.82, 2.24) is 5.32 Å². The summed E-state index contributed by atoms with van der Waals surface area (Å²) in [7, 11) is 1.54. The third-order valence-electron chi connectivity index (χ3n) is 2.28. The van der Waals surface area contributed by atoms with Crippen LogP contribution in [0.15, 0.2) is 0 Å². The van der Waals surface area contributed by atoms with Gasteiger partial charge in [-0.1, -0.05) is 0 Å². The lowest BCUT2D eigenvalue weighted by atomic mass is 9.79. The van der Waals surface area contributed by atoms with Crippen LogP contribution >= 0.6 is 0 Å². The zero-order valence-corrected chi connectivity index (χ0v) is 8.19. The lowest BCUT2D eigenvalue weighted by Gasteiger charge is -2.34. The Morgan fingerprint density at radius 1 is 1.57 bits per heavy atom. The molecule has 0 spiro atoms. The first kappa shape index (κ1) is 11.4. The summed E-state index contributed by atoms with van der Waals surface area (Å²) in [6, 6.07) is 0. The summed E-state index contributed by atoms with van der Waals surface area (Å²) in [4.78, 5) is 11.1. The highest BCUT2D eigenvalue weighted by Gasteiger charge is 2.45. The molecule has 1 saturated carbocycles. The number of nitrogens with one attached hydrogen (secondary N) is 1. The van der Waals surface area contributed by atoms with Gasteiger partial charge < -0.3 is 10.1 Å². The van der Waals surface area contributed by atoms with Gasteiger partial charge in [0.15, 0.2) is 0 Å². The van der Waals surface area contributed by atoms with E-state index < -0.39 is 5.92 Å². The number of hydrogen-bond acceptors (Lipinski definition) is 2. The van der Waals surface area contributed by atoms with Crippen LogP contribution in [0.3, 0.4) is 0 Å². The molecule has 0 radical (unpaired) electrons. The van der Waals surface area contributed by atoms with Crippen molar-refractivity contribution in [3.8, 4) is 0 Å². The molecule has 5 heteroatoms. The first-order chi connectivity index (χ1) is 6.53. The Balaban J connectivity index is 2.05. The fourth-order valence-electron chi connectivity index (χ4n) is 1.56. The van der Waals surface area contributed by atoms with Crippen molar-refractivity contribution < 1.29 is 18.3 Å². The Hall–Kier alpha value is -0.710. The zero-order chi connectivity index (χ0) is 10.6. The first-order valence-electron chi connectivity index (χ1n) is 4.67. The minimum atomic E-state index is -2.53. The molecule has 1 aliphatic carbocycles. The minimum absolute atomic E-state index is 0.146. The van der Waals surface area contributed by atoms with Gasteiger partial charge in [0.25, 0.3) is 0 Å². The number of hydrogen-bond donors (Lipinski definition) is 1. The van der Waals surface area contributed by atoms with Gasteiger partial charge in [-0.2, -0.15) is 0 Å². The Morgan fingerprint density at radius 2 is 2.21 bits per heavy atom. The molecule has 1 N–H and O–H groups in total. The molecule has 0 aromatic carbocycles. The minimum Gasteiger partial charge on any atom is -0.383 e. The molecule has 3 nitrogen and oxygen atoms in total. The molecule has 1 amide bonds. The van der Waals surface area contributed by atoms with Crippen molar-refractivity contribution >= 4 is 5.91 Å². The van der Waals surface area contributed by atoms with E-state index in [0.29, 0.717) is 13.2 Å². The monoisotopic (exact) mass is 207 g/mol. The van der Waals surface area contributed by atoms with Crippen molar-refractivity contribution in [2.24, 2.45) is 5.92 Å². The van der Waals surface area contributed by atoms with Crippen LogP contribution in [-0.2, 0) is 9.53 Å². The van der Waals surface area contributed by atoms with E-state index in [1.165, 1.54) is 0 Å². The summed E-state index contributed by atoms with van der Waals surface area (Å²) in [5.41, 5.74) is 0. The highest BCUT2D eigenvalue weighted by molar-refractivity contribution is 5.76. The summed E-state index contributed by atoms with van der Waals surface area (Å²) in [6.07, 6.45) is -0.0886. The largest absolute Gasteiger partial charge is 0.383 e. The van der Waals surface area contributed by atoms with E-state index in [1.807, 2.05) is 0 Å². The van der Waals surface area contributed by atoms with Crippen LogP contribution in [0.1, 0.15) is 19.3 Å². The third kappa shape index (κ3) is 3.57. The number of methoxy groups -OCH3 is 1. The molecule has 0 unspecified atom stereocenters. The molecule has 1 rings (SSSR count). The maximum Gasteiger partial charge on any atom is 0.248 e. The fourth-order valence-corrected chi connectivity index (χ4v) is 1.56. The van der Waals surface area contributed by atoms with Crippen molar-refractivity contribution in [1.29, 1.82) is 0 Å². The average molecular weight is 207 g/mol. The van der Waals surface area contributed by atoms with E-state index in [1.54, 1.807) is 7.11 Å². The molecule has 1 aliphatic rings.